The lowest BCUT2D eigenvalue weighted by Crippen LogP contribution is -2.06. The van der Waals surface area contributed by atoms with Gasteiger partial charge in [0.15, 0.2) is 5.15 Å². The molecule has 0 N–H and O–H groups in total. The van der Waals surface area contributed by atoms with Gasteiger partial charge < -0.3 is 4.57 Å². The van der Waals surface area contributed by atoms with Crippen molar-refractivity contribution in [3.05, 3.63) is 16.1 Å². The maximum absolute atomic E-state index is 5.89. The van der Waals surface area contributed by atoms with Crippen LogP contribution >= 0.6 is 35.0 Å². The highest BCUT2D eigenvalue weighted by Gasteiger charge is 2.12. The van der Waals surface area contributed by atoms with Gasteiger partial charge in [0.25, 0.3) is 0 Å². The van der Waals surface area contributed by atoms with E-state index in [4.69, 9.17) is 23.2 Å². The van der Waals surface area contributed by atoms with E-state index in [0.29, 0.717) is 15.6 Å². The molecule has 13 heavy (non-hydrogen) atoms. The van der Waals surface area contributed by atoms with E-state index >= 15 is 0 Å². The maximum atomic E-state index is 5.89. The van der Waals surface area contributed by atoms with Crippen LogP contribution in [-0.4, -0.2) is 21.1 Å². The van der Waals surface area contributed by atoms with Crippen LogP contribution in [0.15, 0.2) is 0 Å². The summed E-state index contributed by atoms with van der Waals surface area (Å²) in [5.41, 5.74) is 0. The van der Waals surface area contributed by atoms with Crippen molar-refractivity contribution in [2.24, 2.45) is 7.05 Å². The lowest BCUT2D eigenvalue weighted by molar-refractivity contribution is 0.768. The predicted molar refractivity (Wildman–Crippen MR) is 59.9 cm³/mol. The summed E-state index contributed by atoms with van der Waals surface area (Å²) in [6, 6.07) is 0. The lowest BCUT2D eigenvalue weighted by Gasteiger charge is -2.07. The van der Waals surface area contributed by atoms with Gasteiger partial charge in [0.05, 0.1) is 0 Å². The van der Waals surface area contributed by atoms with Crippen molar-refractivity contribution in [2.75, 3.05) is 6.26 Å². The van der Waals surface area contributed by atoms with E-state index in [1.54, 1.807) is 11.8 Å². The van der Waals surface area contributed by atoms with E-state index < -0.39 is 0 Å². The summed E-state index contributed by atoms with van der Waals surface area (Å²) in [4.78, 5) is 4.18. The third-order valence-electron chi connectivity index (χ3n) is 1.95. The Balaban J connectivity index is 2.83. The van der Waals surface area contributed by atoms with Crippen molar-refractivity contribution < 1.29 is 0 Å². The molecule has 0 aliphatic heterocycles. The second-order valence-electron chi connectivity index (χ2n) is 2.92. The molecule has 0 amide bonds. The summed E-state index contributed by atoms with van der Waals surface area (Å²) in [6.45, 7) is 2.15. The standard InChI is InChI=1S/C8H12Cl2N2S/c1-5(13-3)4-6-11-7(9)8(10)12(6)2/h5H,4H2,1-3H3. The molecule has 0 aliphatic rings. The molecular formula is C8H12Cl2N2S. The Hall–Kier alpha value is 0.140. The molecule has 5 heteroatoms. The van der Waals surface area contributed by atoms with Gasteiger partial charge in [-0.15, -0.1) is 0 Å². The molecule has 0 radical (unpaired) electrons. The molecule has 1 rings (SSSR count). The molecule has 2 nitrogen and oxygen atoms in total. The molecule has 1 unspecified atom stereocenters. The molecule has 0 aromatic carbocycles. The molecule has 0 fully saturated rings. The van der Waals surface area contributed by atoms with Crippen LogP contribution < -0.4 is 0 Å². The van der Waals surface area contributed by atoms with Crippen LogP contribution in [0.3, 0.4) is 0 Å². The summed E-state index contributed by atoms with van der Waals surface area (Å²) in [5.74, 6) is 0.942. The molecule has 1 aromatic rings. The molecule has 1 aromatic heterocycles. The summed E-state index contributed by atoms with van der Waals surface area (Å²) in [7, 11) is 1.88. The zero-order valence-electron chi connectivity index (χ0n) is 7.84. The van der Waals surface area contributed by atoms with E-state index in [9.17, 15) is 0 Å². The number of nitrogens with zero attached hydrogens (tertiary/aromatic N) is 2. The van der Waals surface area contributed by atoms with Crippen LogP contribution in [0.5, 0.6) is 0 Å². The molecule has 1 heterocycles. The fraction of sp³-hybridized carbons (Fsp3) is 0.625. The predicted octanol–water partition coefficient (Wildman–Crippen LogP) is 3.02. The number of hydrogen-bond donors (Lipinski definition) is 0. The molecule has 1 atom stereocenters. The monoisotopic (exact) mass is 238 g/mol. The van der Waals surface area contributed by atoms with Gasteiger partial charge in [-0.05, 0) is 6.26 Å². The van der Waals surface area contributed by atoms with Crippen molar-refractivity contribution in [1.29, 1.82) is 0 Å². The van der Waals surface area contributed by atoms with Crippen molar-refractivity contribution >= 4 is 35.0 Å². The normalized spacial score (nSPS) is 13.3. The number of hydrogen-bond acceptors (Lipinski definition) is 2. The van der Waals surface area contributed by atoms with Crippen LogP contribution in [0.25, 0.3) is 0 Å². The van der Waals surface area contributed by atoms with Gasteiger partial charge in [0, 0.05) is 18.7 Å². The van der Waals surface area contributed by atoms with Crippen LogP contribution in [0.2, 0.25) is 10.3 Å². The van der Waals surface area contributed by atoms with Gasteiger partial charge in [-0.2, -0.15) is 11.8 Å². The van der Waals surface area contributed by atoms with Gasteiger partial charge in [0.2, 0.25) is 0 Å². The quantitative estimate of drug-likeness (QED) is 0.806. The molecular weight excluding hydrogens is 227 g/mol. The van der Waals surface area contributed by atoms with E-state index in [1.165, 1.54) is 0 Å². The van der Waals surface area contributed by atoms with Gasteiger partial charge in [-0.1, -0.05) is 30.1 Å². The van der Waals surface area contributed by atoms with E-state index in [-0.39, 0.29) is 0 Å². The highest BCUT2D eigenvalue weighted by molar-refractivity contribution is 7.99. The second-order valence-corrected chi connectivity index (χ2v) is 4.91. The van der Waals surface area contributed by atoms with Crippen LogP contribution in [0, 0.1) is 0 Å². The highest BCUT2D eigenvalue weighted by atomic mass is 35.5. The Kier molecular flexibility index (Phi) is 3.95. The van der Waals surface area contributed by atoms with E-state index in [2.05, 4.69) is 18.2 Å². The Labute approximate surface area is 92.6 Å². The average Bonchev–Trinajstić information content (AvgIpc) is 2.34. The number of imidazole rings is 1. The average molecular weight is 239 g/mol. The zero-order chi connectivity index (χ0) is 10.0. The summed E-state index contributed by atoms with van der Waals surface area (Å²) in [6.07, 6.45) is 2.97. The maximum Gasteiger partial charge on any atom is 0.166 e. The Morgan fingerprint density at radius 2 is 2.15 bits per heavy atom. The third kappa shape index (κ3) is 2.55. The van der Waals surface area contributed by atoms with Crippen LogP contribution in [0.4, 0.5) is 0 Å². The number of thioether (sulfide) groups is 1. The van der Waals surface area contributed by atoms with Gasteiger partial charge >= 0.3 is 0 Å². The first-order valence-corrected chi connectivity index (χ1v) is 6.00. The first kappa shape index (κ1) is 11.2. The SMILES string of the molecule is CSC(C)Cc1nc(Cl)c(Cl)n1C. The van der Waals surface area contributed by atoms with E-state index in [1.807, 2.05) is 11.6 Å². The largest absolute Gasteiger partial charge is 0.321 e. The molecule has 74 valence electrons. The number of halogens is 2. The third-order valence-corrected chi connectivity index (χ3v) is 3.72. The van der Waals surface area contributed by atoms with Crippen molar-refractivity contribution in [3.8, 4) is 0 Å². The highest BCUT2D eigenvalue weighted by Crippen LogP contribution is 2.23. The summed E-state index contributed by atoms with van der Waals surface area (Å²) >= 11 is 13.5. The molecule has 0 saturated heterocycles. The minimum absolute atomic E-state index is 0.396. The summed E-state index contributed by atoms with van der Waals surface area (Å²) in [5, 5.41) is 1.45. The number of aromatic nitrogens is 2. The van der Waals surface area contributed by atoms with Crippen molar-refractivity contribution in [3.63, 3.8) is 0 Å². The van der Waals surface area contributed by atoms with Crippen LogP contribution in [-0.2, 0) is 13.5 Å². The van der Waals surface area contributed by atoms with Crippen LogP contribution in [0.1, 0.15) is 12.7 Å². The lowest BCUT2D eigenvalue weighted by atomic mass is 10.3. The molecule has 0 spiro atoms. The second kappa shape index (κ2) is 4.58. The van der Waals surface area contributed by atoms with E-state index in [0.717, 1.165) is 12.2 Å². The summed E-state index contributed by atoms with van der Waals surface area (Å²) < 4.78 is 1.83. The smallest absolute Gasteiger partial charge is 0.166 e. The minimum atomic E-state index is 0.396. The van der Waals surface area contributed by atoms with Gasteiger partial charge in [0.1, 0.15) is 11.0 Å². The molecule has 0 aliphatic carbocycles. The van der Waals surface area contributed by atoms with Gasteiger partial charge in [-0.25, -0.2) is 4.98 Å². The Morgan fingerprint density at radius 1 is 1.54 bits per heavy atom. The first-order chi connectivity index (χ1) is 6.06. The topological polar surface area (TPSA) is 17.8 Å². The minimum Gasteiger partial charge on any atom is -0.321 e. The molecule has 0 bridgehead atoms. The zero-order valence-corrected chi connectivity index (χ0v) is 10.2. The first-order valence-electron chi connectivity index (χ1n) is 3.95. The number of rotatable bonds is 3. The Bertz CT molecular complexity index is 299. The fourth-order valence-electron chi connectivity index (χ4n) is 1.01. The van der Waals surface area contributed by atoms with Gasteiger partial charge in [-0.3, -0.25) is 0 Å². The van der Waals surface area contributed by atoms with Crippen molar-refractivity contribution in [2.45, 2.75) is 18.6 Å². The van der Waals surface area contributed by atoms with Crippen molar-refractivity contribution in [1.82, 2.24) is 9.55 Å². The Morgan fingerprint density at radius 3 is 2.54 bits per heavy atom. The molecule has 0 saturated carbocycles. The fourth-order valence-corrected chi connectivity index (χ4v) is 1.69.